The number of aromatic nitrogens is 2. The Morgan fingerprint density at radius 3 is 1.81 bits per heavy atom. The quantitative estimate of drug-likeness (QED) is 0.0707. The number of nitrogens with zero attached hydrogens (tertiary/aromatic N) is 5. The van der Waals surface area contributed by atoms with E-state index in [9.17, 15) is 0 Å². The molecule has 246 valence electrons. The van der Waals surface area contributed by atoms with Gasteiger partial charge in [0, 0.05) is 73.8 Å². The van der Waals surface area contributed by atoms with E-state index in [1.807, 2.05) is 21.6 Å². The zero-order valence-electron chi connectivity index (χ0n) is 29.0. The number of aryl methyl sites for hydroxylation is 2. The summed E-state index contributed by atoms with van der Waals surface area (Å²) in [7, 11) is 14.7. The van der Waals surface area contributed by atoms with Crippen molar-refractivity contribution in [2.75, 3.05) is 55.5 Å². The molecule has 5 nitrogen and oxygen atoms in total. The van der Waals surface area contributed by atoms with Gasteiger partial charge in [0.15, 0.2) is 16.7 Å². The summed E-state index contributed by atoms with van der Waals surface area (Å²) in [4.78, 5) is 4.69. The average Bonchev–Trinajstić information content (AvgIpc) is 3.51. The van der Waals surface area contributed by atoms with E-state index in [0.717, 1.165) is 24.6 Å². The molecule has 1 aromatic heterocycles. The molecular formula is C41H47N5S2+2. The molecule has 48 heavy (non-hydrogen) atoms. The molecule has 4 aromatic carbocycles. The molecular weight excluding hydrogens is 627 g/mol. The summed E-state index contributed by atoms with van der Waals surface area (Å²) in [6.07, 6.45) is 8.91. The van der Waals surface area contributed by atoms with E-state index in [4.69, 9.17) is 0 Å². The van der Waals surface area contributed by atoms with E-state index in [-0.39, 0.29) is 0 Å². The van der Waals surface area contributed by atoms with Crippen LogP contribution < -0.4 is 14.4 Å². The molecule has 0 aliphatic carbocycles. The number of benzene rings is 4. The Labute approximate surface area is 294 Å². The zero-order chi connectivity index (χ0) is 33.6. The van der Waals surface area contributed by atoms with Crippen LogP contribution >= 0.6 is 21.6 Å². The monoisotopic (exact) mass is 673 g/mol. The maximum absolute atomic E-state index is 2.35. The van der Waals surface area contributed by atoms with Crippen molar-refractivity contribution in [1.29, 1.82) is 0 Å². The van der Waals surface area contributed by atoms with Crippen molar-refractivity contribution in [2.24, 2.45) is 14.1 Å². The van der Waals surface area contributed by atoms with Crippen molar-refractivity contribution in [3.63, 3.8) is 0 Å². The maximum Gasteiger partial charge on any atom is 0.281 e. The van der Waals surface area contributed by atoms with Gasteiger partial charge in [0.05, 0.1) is 20.0 Å². The lowest BCUT2D eigenvalue weighted by Crippen LogP contribution is -2.30. The van der Waals surface area contributed by atoms with Gasteiger partial charge >= 0.3 is 0 Å². The molecule has 0 fully saturated rings. The predicted molar refractivity (Wildman–Crippen MR) is 212 cm³/mol. The van der Waals surface area contributed by atoms with E-state index in [0.29, 0.717) is 5.92 Å². The highest BCUT2D eigenvalue weighted by molar-refractivity contribution is 8.76. The minimum absolute atomic E-state index is 0.411. The minimum atomic E-state index is 0.411. The van der Waals surface area contributed by atoms with Gasteiger partial charge in [-0.1, -0.05) is 76.2 Å². The second-order valence-corrected chi connectivity index (χ2v) is 15.3. The first-order valence-corrected chi connectivity index (χ1v) is 19.2. The van der Waals surface area contributed by atoms with Gasteiger partial charge in [0.25, 0.3) is 5.82 Å². The Bertz CT molecular complexity index is 1910. The highest BCUT2D eigenvalue weighted by Crippen LogP contribution is 2.34. The molecule has 0 N–H and O–H groups in total. The Hall–Kier alpha value is -4.20. The van der Waals surface area contributed by atoms with Crippen LogP contribution in [-0.2, 0) is 14.1 Å². The molecule has 1 atom stereocenters. The molecule has 7 heteroatoms. The van der Waals surface area contributed by atoms with E-state index in [1.165, 1.54) is 56.3 Å². The smallest absolute Gasteiger partial charge is 0.281 e. The Balaban J connectivity index is 0.907. The SMILES string of the molecule is CC1C(/C=C/c2ccc(N(C)CCSSCCN(C)c3ccc(/C=C/c4n(C)c5ccccc5[n+]4C)cc3)cc2)=[N+](C)c2ccccc21. The fourth-order valence-corrected chi connectivity index (χ4v) is 8.57. The molecule has 1 aliphatic heterocycles. The molecule has 0 saturated heterocycles. The average molecular weight is 674 g/mol. The predicted octanol–water partition coefficient (Wildman–Crippen LogP) is 8.67. The van der Waals surface area contributed by atoms with Crippen molar-refractivity contribution < 1.29 is 9.14 Å². The second kappa shape index (κ2) is 15.3. The van der Waals surface area contributed by atoms with Gasteiger partial charge in [0.1, 0.15) is 7.05 Å². The van der Waals surface area contributed by atoms with E-state index in [1.54, 1.807) is 0 Å². The first-order valence-electron chi connectivity index (χ1n) is 16.7. The third-order valence-electron chi connectivity index (χ3n) is 9.53. The molecule has 6 rings (SSSR count). The maximum atomic E-state index is 2.35. The van der Waals surface area contributed by atoms with Gasteiger partial charge in [-0.05, 0) is 66.6 Å². The van der Waals surface area contributed by atoms with Crippen LogP contribution in [0.15, 0.2) is 103 Å². The summed E-state index contributed by atoms with van der Waals surface area (Å²) >= 11 is 0. The lowest BCUT2D eigenvalue weighted by molar-refractivity contribution is -0.647. The number of fused-ring (bicyclic) bond motifs is 2. The molecule has 1 aliphatic rings. The Morgan fingerprint density at radius 2 is 1.23 bits per heavy atom. The van der Waals surface area contributed by atoms with Gasteiger partial charge in [-0.25, -0.2) is 9.13 Å². The summed E-state index contributed by atoms with van der Waals surface area (Å²) < 4.78 is 6.80. The molecule has 2 heterocycles. The highest BCUT2D eigenvalue weighted by atomic mass is 33.1. The third kappa shape index (κ3) is 7.43. The number of rotatable bonds is 13. The summed E-state index contributed by atoms with van der Waals surface area (Å²) in [5, 5.41) is 0. The van der Waals surface area contributed by atoms with Crippen molar-refractivity contribution >= 4 is 73.6 Å². The number of anilines is 2. The van der Waals surface area contributed by atoms with Crippen LogP contribution in [0.3, 0.4) is 0 Å². The standard InChI is InChI=1S/C41H47N5S2/c1-31-36-11-7-8-12-38(36)44(4)37(31)25-19-32-15-21-34(22-16-32)42(2)27-29-47-48-30-28-43(3)35-23-17-33(18-24-35)20-26-41-45(5)39-13-9-10-14-40(39)46(41)6/h7-26,31H,27-30H2,1-6H3/q+2. The minimum Gasteiger partial charge on any atom is -0.374 e. The molecule has 0 saturated carbocycles. The number of imidazole rings is 1. The Morgan fingerprint density at radius 1 is 0.688 bits per heavy atom. The van der Waals surface area contributed by atoms with Gasteiger partial charge < -0.3 is 9.80 Å². The van der Waals surface area contributed by atoms with Crippen molar-refractivity contribution in [2.45, 2.75) is 12.8 Å². The molecule has 0 spiro atoms. The van der Waals surface area contributed by atoms with Gasteiger partial charge in [0.2, 0.25) is 5.69 Å². The van der Waals surface area contributed by atoms with Crippen LogP contribution in [-0.4, -0.2) is 60.6 Å². The molecule has 5 aromatic rings. The molecule has 0 amide bonds. The fraction of sp³-hybridized carbons (Fsp3) is 0.268. The normalized spacial score (nSPS) is 14.5. The largest absolute Gasteiger partial charge is 0.374 e. The van der Waals surface area contributed by atoms with Crippen molar-refractivity contribution in [1.82, 2.24) is 4.57 Å². The van der Waals surface area contributed by atoms with Gasteiger partial charge in [-0.2, -0.15) is 4.58 Å². The van der Waals surface area contributed by atoms with Gasteiger partial charge in [-0.15, -0.1) is 0 Å². The van der Waals surface area contributed by atoms with E-state index < -0.39 is 0 Å². The van der Waals surface area contributed by atoms with Crippen LogP contribution in [0, 0.1) is 0 Å². The first kappa shape index (κ1) is 33.7. The van der Waals surface area contributed by atoms with Crippen LogP contribution in [0.1, 0.15) is 35.4 Å². The first-order chi connectivity index (χ1) is 23.3. The van der Waals surface area contributed by atoms with Crippen LogP contribution in [0.2, 0.25) is 0 Å². The van der Waals surface area contributed by atoms with Crippen LogP contribution in [0.5, 0.6) is 0 Å². The topological polar surface area (TPSA) is 18.3 Å². The summed E-state index contributed by atoms with van der Waals surface area (Å²) in [5.41, 5.74) is 11.5. The summed E-state index contributed by atoms with van der Waals surface area (Å²) in [6.45, 7) is 4.33. The zero-order valence-corrected chi connectivity index (χ0v) is 30.6. The highest BCUT2D eigenvalue weighted by Gasteiger charge is 2.31. The lowest BCUT2D eigenvalue weighted by Gasteiger charge is -2.20. The fourth-order valence-electron chi connectivity index (χ4n) is 6.49. The third-order valence-corrected chi connectivity index (χ3v) is 11.9. The van der Waals surface area contributed by atoms with Crippen molar-refractivity contribution in [3.05, 3.63) is 126 Å². The number of hydrogen-bond donors (Lipinski definition) is 0. The van der Waals surface area contributed by atoms with Crippen LogP contribution in [0.25, 0.3) is 29.3 Å². The van der Waals surface area contributed by atoms with Crippen molar-refractivity contribution in [3.8, 4) is 0 Å². The number of allylic oxidation sites excluding steroid dienone is 1. The summed E-state index contributed by atoms with van der Waals surface area (Å²) in [6, 6.07) is 35.0. The molecule has 0 radical (unpaired) electrons. The molecule has 0 bridgehead atoms. The van der Waals surface area contributed by atoms with Gasteiger partial charge in [-0.3, -0.25) is 0 Å². The summed E-state index contributed by atoms with van der Waals surface area (Å²) in [5.74, 6) is 3.76. The lowest BCUT2D eigenvalue weighted by atomic mass is 9.97. The number of hydrogen-bond acceptors (Lipinski definition) is 4. The Kier molecular flexibility index (Phi) is 10.8. The number of para-hydroxylation sites is 3. The second-order valence-electron chi connectivity index (χ2n) is 12.6. The van der Waals surface area contributed by atoms with Crippen LogP contribution in [0.4, 0.5) is 17.1 Å². The molecule has 1 unspecified atom stereocenters. The van der Waals surface area contributed by atoms with E-state index in [2.05, 4.69) is 187 Å². The van der Waals surface area contributed by atoms with E-state index >= 15 is 0 Å².